The van der Waals surface area contributed by atoms with Gasteiger partial charge in [-0.2, -0.15) is 13.2 Å². The number of hydrogen-bond acceptors (Lipinski definition) is 2. The topological polar surface area (TPSA) is 57.6 Å². The molecule has 4 nitrogen and oxygen atoms in total. The Morgan fingerprint density at radius 1 is 0.964 bits per heavy atom. The third-order valence-corrected chi connectivity index (χ3v) is 5.12. The van der Waals surface area contributed by atoms with E-state index in [1.807, 2.05) is 30.3 Å². The van der Waals surface area contributed by atoms with Crippen LogP contribution in [0.1, 0.15) is 21.5 Å². The van der Waals surface area contributed by atoms with Gasteiger partial charge in [0.15, 0.2) is 0 Å². The number of alkyl halides is 3. The quantitative estimate of drug-likeness (QED) is 0.843. The fraction of sp³-hybridized carbons (Fsp3) is 0.333. The number of benzene rings is 2. The highest BCUT2D eigenvalue weighted by Gasteiger charge is 2.53. The van der Waals surface area contributed by atoms with Crippen molar-refractivity contribution < 1.29 is 27.9 Å². The van der Waals surface area contributed by atoms with Gasteiger partial charge in [0.2, 0.25) is 0 Å². The SMILES string of the molecule is O=C(O)[C@@H]1CN(C(=O)c2ccccc2CCc2ccccc2)C[C@H]1C(F)(F)F. The molecule has 0 radical (unpaired) electrons. The van der Waals surface area contributed by atoms with Gasteiger partial charge >= 0.3 is 12.1 Å². The minimum atomic E-state index is -4.66. The smallest absolute Gasteiger partial charge is 0.394 e. The molecule has 1 saturated heterocycles. The minimum absolute atomic E-state index is 0.324. The highest BCUT2D eigenvalue weighted by Crippen LogP contribution is 2.38. The Morgan fingerprint density at radius 3 is 2.21 bits per heavy atom. The largest absolute Gasteiger partial charge is 0.481 e. The van der Waals surface area contributed by atoms with Crippen molar-refractivity contribution in [3.63, 3.8) is 0 Å². The van der Waals surface area contributed by atoms with Crippen LogP contribution in [0.25, 0.3) is 0 Å². The van der Waals surface area contributed by atoms with E-state index in [4.69, 9.17) is 5.11 Å². The van der Waals surface area contributed by atoms with E-state index in [-0.39, 0.29) is 0 Å². The maximum absolute atomic E-state index is 13.2. The first-order chi connectivity index (χ1) is 13.3. The second-order valence-electron chi connectivity index (χ2n) is 6.95. The van der Waals surface area contributed by atoms with Crippen LogP contribution in [0.3, 0.4) is 0 Å². The lowest BCUT2D eigenvalue weighted by atomic mass is 9.96. The van der Waals surface area contributed by atoms with Crippen molar-refractivity contribution in [3.05, 3.63) is 71.3 Å². The Morgan fingerprint density at radius 2 is 1.61 bits per heavy atom. The van der Waals surface area contributed by atoms with E-state index < -0.39 is 43.0 Å². The number of amides is 1. The molecule has 3 rings (SSSR count). The molecule has 1 aliphatic rings. The molecule has 1 heterocycles. The Bertz CT molecular complexity index is 851. The molecule has 0 unspecified atom stereocenters. The molecule has 1 amide bonds. The maximum atomic E-state index is 13.2. The minimum Gasteiger partial charge on any atom is -0.481 e. The molecule has 0 saturated carbocycles. The Kier molecular flexibility index (Phi) is 5.72. The van der Waals surface area contributed by atoms with Crippen LogP contribution in [0.5, 0.6) is 0 Å². The van der Waals surface area contributed by atoms with Crippen molar-refractivity contribution in [2.24, 2.45) is 11.8 Å². The van der Waals surface area contributed by atoms with E-state index in [9.17, 15) is 22.8 Å². The average molecular weight is 391 g/mol. The fourth-order valence-corrected chi connectivity index (χ4v) is 3.59. The van der Waals surface area contributed by atoms with Gasteiger partial charge in [0.1, 0.15) is 0 Å². The number of carbonyl (C=O) groups is 2. The van der Waals surface area contributed by atoms with Crippen molar-refractivity contribution in [1.29, 1.82) is 0 Å². The number of halogens is 3. The Labute approximate surface area is 160 Å². The van der Waals surface area contributed by atoms with Crippen LogP contribution in [0.15, 0.2) is 54.6 Å². The molecule has 28 heavy (non-hydrogen) atoms. The molecule has 7 heteroatoms. The summed E-state index contributed by atoms with van der Waals surface area (Å²) in [5.41, 5.74) is 2.15. The summed E-state index contributed by atoms with van der Waals surface area (Å²) in [6.45, 7) is -1.07. The van der Waals surface area contributed by atoms with Gasteiger partial charge in [0, 0.05) is 18.7 Å². The third-order valence-electron chi connectivity index (χ3n) is 5.12. The van der Waals surface area contributed by atoms with Gasteiger partial charge in [0.25, 0.3) is 5.91 Å². The van der Waals surface area contributed by atoms with Crippen molar-refractivity contribution in [2.45, 2.75) is 19.0 Å². The van der Waals surface area contributed by atoms with Crippen LogP contribution in [0.2, 0.25) is 0 Å². The van der Waals surface area contributed by atoms with Gasteiger partial charge in [-0.1, -0.05) is 48.5 Å². The molecule has 2 aromatic rings. The van der Waals surface area contributed by atoms with Gasteiger partial charge in [-0.05, 0) is 30.0 Å². The molecular formula is C21H20F3NO3. The Hall–Kier alpha value is -2.83. The Balaban J connectivity index is 1.78. The first-order valence-corrected chi connectivity index (χ1v) is 8.98. The predicted octanol–water partition coefficient (Wildman–Crippen LogP) is 3.81. The van der Waals surface area contributed by atoms with Gasteiger partial charge in [-0.3, -0.25) is 9.59 Å². The predicted molar refractivity (Wildman–Crippen MR) is 96.9 cm³/mol. The summed E-state index contributed by atoms with van der Waals surface area (Å²) < 4.78 is 39.6. The highest BCUT2D eigenvalue weighted by molar-refractivity contribution is 5.96. The van der Waals surface area contributed by atoms with Crippen LogP contribution in [0.4, 0.5) is 13.2 Å². The lowest BCUT2D eigenvalue weighted by Crippen LogP contribution is -2.34. The van der Waals surface area contributed by atoms with Gasteiger partial charge in [0.05, 0.1) is 11.8 Å². The summed E-state index contributed by atoms with van der Waals surface area (Å²) in [4.78, 5) is 25.1. The zero-order chi connectivity index (χ0) is 20.3. The molecule has 1 N–H and O–H groups in total. The zero-order valence-electron chi connectivity index (χ0n) is 15.0. The van der Waals surface area contributed by atoms with E-state index in [1.54, 1.807) is 24.3 Å². The van der Waals surface area contributed by atoms with E-state index >= 15 is 0 Å². The molecular weight excluding hydrogens is 371 g/mol. The summed E-state index contributed by atoms with van der Waals surface area (Å²) >= 11 is 0. The number of hydrogen-bond donors (Lipinski definition) is 1. The lowest BCUT2D eigenvalue weighted by Gasteiger charge is -2.19. The van der Waals surface area contributed by atoms with Crippen LogP contribution >= 0.6 is 0 Å². The number of carbonyl (C=O) groups excluding carboxylic acids is 1. The molecule has 2 aromatic carbocycles. The number of carboxylic acid groups (broad SMARTS) is 1. The summed E-state index contributed by atoms with van der Waals surface area (Å²) in [5.74, 6) is -5.78. The molecule has 1 fully saturated rings. The summed E-state index contributed by atoms with van der Waals surface area (Å²) in [6, 6.07) is 16.5. The summed E-state index contributed by atoms with van der Waals surface area (Å²) in [5, 5.41) is 9.14. The van der Waals surface area contributed by atoms with E-state index in [1.165, 1.54) is 0 Å². The summed E-state index contributed by atoms with van der Waals surface area (Å²) in [7, 11) is 0. The second kappa shape index (κ2) is 8.04. The van der Waals surface area contributed by atoms with Crippen LogP contribution in [-0.2, 0) is 17.6 Å². The van der Waals surface area contributed by atoms with E-state index in [0.717, 1.165) is 16.0 Å². The normalized spacial score (nSPS) is 19.6. The first-order valence-electron chi connectivity index (χ1n) is 8.98. The van der Waals surface area contributed by atoms with Crippen molar-refractivity contribution in [1.82, 2.24) is 4.90 Å². The zero-order valence-corrected chi connectivity index (χ0v) is 15.0. The standard InChI is InChI=1S/C21H20F3NO3/c22-21(23,24)18-13-25(12-17(18)20(27)28)19(26)16-9-5-4-8-15(16)11-10-14-6-2-1-3-7-14/h1-9,17-18H,10-13H2,(H,27,28)/t17-,18-/m1/s1. The molecule has 1 aliphatic heterocycles. The number of rotatable bonds is 5. The number of likely N-dealkylation sites (tertiary alicyclic amines) is 1. The van der Waals surface area contributed by atoms with Gasteiger partial charge < -0.3 is 10.0 Å². The van der Waals surface area contributed by atoms with Crippen LogP contribution < -0.4 is 0 Å². The number of nitrogens with zero attached hydrogens (tertiary/aromatic N) is 1. The monoisotopic (exact) mass is 391 g/mol. The van der Waals surface area contributed by atoms with Crippen LogP contribution in [0, 0.1) is 11.8 Å². The first kappa shape index (κ1) is 19.9. The van der Waals surface area contributed by atoms with E-state index in [0.29, 0.717) is 18.4 Å². The summed E-state index contributed by atoms with van der Waals surface area (Å²) in [6.07, 6.45) is -3.41. The highest BCUT2D eigenvalue weighted by atomic mass is 19.4. The molecule has 148 valence electrons. The van der Waals surface area contributed by atoms with E-state index in [2.05, 4.69) is 0 Å². The number of aliphatic carboxylic acids is 1. The lowest BCUT2D eigenvalue weighted by molar-refractivity contribution is -0.187. The average Bonchev–Trinajstić information content (AvgIpc) is 3.13. The molecule has 2 atom stereocenters. The molecule has 0 bridgehead atoms. The fourth-order valence-electron chi connectivity index (χ4n) is 3.59. The third kappa shape index (κ3) is 4.35. The maximum Gasteiger partial charge on any atom is 0.394 e. The number of carboxylic acids is 1. The molecule has 0 aliphatic carbocycles. The van der Waals surface area contributed by atoms with Crippen molar-refractivity contribution in [2.75, 3.05) is 13.1 Å². The van der Waals surface area contributed by atoms with Crippen LogP contribution in [-0.4, -0.2) is 41.1 Å². The molecule has 0 spiro atoms. The van der Waals surface area contributed by atoms with Gasteiger partial charge in [-0.15, -0.1) is 0 Å². The number of aryl methyl sites for hydroxylation is 2. The van der Waals surface area contributed by atoms with Gasteiger partial charge in [-0.25, -0.2) is 0 Å². The molecule has 0 aromatic heterocycles. The second-order valence-corrected chi connectivity index (χ2v) is 6.95. The van der Waals surface area contributed by atoms with Crippen molar-refractivity contribution in [3.8, 4) is 0 Å². The van der Waals surface area contributed by atoms with Crippen molar-refractivity contribution >= 4 is 11.9 Å².